The highest BCUT2D eigenvalue weighted by atomic mass is 16.5. The first-order valence-corrected chi connectivity index (χ1v) is 9.34. The van der Waals surface area contributed by atoms with Crippen LogP contribution in [0.3, 0.4) is 0 Å². The third-order valence-corrected chi connectivity index (χ3v) is 4.88. The van der Waals surface area contributed by atoms with Crippen molar-refractivity contribution in [2.24, 2.45) is 0 Å². The van der Waals surface area contributed by atoms with Crippen LogP contribution in [0.1, 0.15) is 21.5 Å². The second-order valence-electron chi connectivity index (χ2n) is 7.07. The van der Waals surface area contributed by atoms with Crippen molar-refractivity contribution in [1.29, 1.82) is 0 Å². The van der Waals surface area contributed by atoms with Crippen LogP contribution in [0.5, 0.6) is 0 Å². The maximum Gasteiger partial charge on any atom is 0.330 e. The van der Waals surface area contributed by atoms with E-state index in [2.05, 4.69) is 15.4 Å². The van der Waals surface area contributed by atoms with Gasteiger partial charge in [-0.1, -0.05) is 29.8 Å². The van der Waals surface area contributed by atoms with Gasteiger partial charge in [0.25, 0.3) is 0 Å². The number of Topliss-reactive ketones (excluding diaryl/α,β-unsaturated/α-hetero) is 1. The fourth-order valence-electron chi connectivity index (χ4n) is 3.16. The van der Waals surface area contributed by atoms with E-state index in [1.54, 1.807) is 30.1 Å². The molecule has 1 aromatic heterocycles. The molecule has 0 bridgehead atoms. The molecule has 2 heterocycles. The lowest BCUT2D eigenvalue weighted by Crippen LogP contribution is -2.20. The number of hydrogen-bond acceptors (Lipinski definition) is 7. The van der Waals surface area contributed by atoms with Crippen molar-refractivity contribution in [2.45, 2.75) is 19.9 Å². The number of esters is 1. The minimum absolute atomic E-state index is 0.0219. The van der Waals surface area contributed by atoms with Crippen molar-refractivity contribution in [2.75, 3.05) is 18.6 Å². The monoisotopic (exact) mass is 405 g/mol. The Morgan fingerprint density at radius 2 is 1.90 bits per heavy atom. The van der Waals surface area contributed by atoms with Crippen LogP contribution in [-0.2, 0) is 27.3 Å². The maximum absolute atomic E-state index is 12.4. The zero-order chi connectivity index (χ0) is 21.3. The highest BCUT2D eigenvalue weighted by molar-refractivity contribution is 6.03. The number of hydrogen-bond donors (Lipinski definition) is 0. The van der Waals surface area contributed by atoms with E-state index in [-0.39, 0.29) is 24.7 Å². The zero-order valence-corrected chi connectivity index (χ0v) is 16.5. The predicted octanol–water partition coefficient (Wildman–Crippen LogP) is 1.59. The van der Waals surface area contributed by atoms with E-state index in [1.165, 1.54) is 0 Å². The topological polar surface area (TPSA) is 107 Å². The van der Waals surface area contributed by atoms with E-state index in [0.717, 1.165) is 27.2 Å². The van der Waals surface area contributed by atoms with Crippen LogP contribution in [0, 0.1) is 6.92 Å². The van der Waals surface area contributed by atoms with Crippen LogP contribution < -0.4 is 4.90 Å². The van der Waals surface area contributed by atoms with Gasteiger partial charge in [0, 0.05) is 23.9 Å². The van der Waals surface area contributed by atoms with E-state index in [4.69, 9.17) is 4.74 Å². The molecule has 0 radical (unpaired) electrons. The van der Waals surface area contributed by atoms with Crippen LogP contribution >= 0.6 is 0 Å². The normalized spacial score (nSPS) is 12.7. The largest absolute Gasteiger partial charge is 0.456 e. The standard InChI is InChI=1S/C21H19N5O4/c1-13-3-5-14(6-4-13)21-22-24-26(23-21)11-20(29)30-12-18(27)15-7-8-17-16(9-15)10-19(28)25(17)2/h3-9H,10-12H2,1-2H3. The van der Waals surface area contributed by atoms with E-state index in [1.807, 2.05) is 31.2 Å². The second-order valence-corrected chi connectivity index (χ2v) is 7.07. The molecule has 4 rings (SSSR count). The summed E-state index contributed by atoms with van der Waals surface area (Å²) in [6.45, 7) is 1.32. The third kappa shape index (κ3) is 3.95. The minimum Gasteiger partial charge on any atom is -0.456 e. The first-order valence-electron chi connectivity index (χ1n) is 9.34. The molecule has 30 heavy (non-hydrogen) atoms. The van der Waals surface area contributed by atoms with Gasteiger partial charge in [-0.25, -0.2) is 4.79 Å². The number of rotatable bonds is 6. The van der Waals surface area contributed by atoms with Crippen LogP contribution in [0.4, 0.5) is 5.69 Å². The highest BCUT2D eigenvalue weighted by Crippen LogP contribution is 2.28. The summed E-state index contributed by atoms with van der Waals surface area (Å²) in [5, 5.41) is 11.9. The van der Waals surface area contributed by atoms with Gasteiger partial charge in [0.05, 0.1) is 6.42 Å². The first kappa shape index (κ1) is 19.4. The molecule has 9 heteroatoms. The summed E-state index contributed by atoms with van der Waals surface area (Å²) < 4.78 is 5.06. The lowest BCUT2D eigenvalue weighted by molar-refractivity contribution is -0.143. The Labute approximate surface area is 172 Å². The van der Waals surface area contributed by atoms with E-state index >= 15 is 0 Å². The first-order chi connectivity index (χ1) is 14.4. The SMILES string of the molecule is Cc1ccc(-c2nnn(CC(=O)OCC(=O)c3ccc4c(c3)CC(=O)N4C)n2)cc1. The lowest BCUT2D eigenvalue weighted by atomic mass is 10.1. The Bertz CT molecular complexity index is 1140. The lowest BCUT2D eigenvalue weighted by Gasteiger charge is -2.10. The molecule has 2 aromatic carbocycles. The molecule has 0 saturated carbocycles. The number of carbonyl (C=O) groups excluding carboxylic acids is 3. The Morgan fingerprint density at radius 3 is 2.67 bits per heavy atom. The molecule has 0 N–H and O–H groups in total. The summed E-state index contributed by atoms with van der Waals surface area (Å²) >= 11 is 0. The molecule has 0 unspecified atom stereocenters. The van der Waals surface area contributed by atoms with Gasteiger partial charge in [-0.2, -0.15) is 4.80 Å². The number of ether oxygens (including phenoxy) is 1. The molecule has 0 saturated heterocycles. The number of nitrogens with zero attached hydrogens (tertiary/aromatic N) is 5. The van der Waals surface area contributed by atoms with Gasteiger partial charge in [-0.15, -0.1) is 10.2 Å². The molecule has 1 aliphatic heterocycles. The quantitative estimate of drug-likeness (QED) is 0.453. The third-order valence-electron chi connectivity index (χ3n) is 4.88. The summed E-state index contributed by atoms with van der Waals surface area (Å²) in [6, 6.07) is 12.6. The minimum atomic E-state index is -0.646. The molecule has 0 aliphatic carbocycles. The Hall–Kier alpha value is -3.88. The number of aromatic nitrogens is 4. The van der Waals surface area contributed by atoms with Crippen molar-refractivity contribution < 1.29 is 19.1 Å². The van der Waals surface area contributed by atoms with Crippen LogP contribution in [-0.4, -0.2) is 51.5 Å². The average molecular weight is 405 g/mol. The van der Waals surface area contributed by atoms with E-state index in [9.17, 15) is 14.4 Å². The molecule has 152 valence electrons. The van der Waals surface area contributed by atoms with Crippen LogP contribution in [0.2, 0.25) is 0 Å². The van der Waals surface area contributed by atoms with Crippen molar-refractivity contribution in [3.8, 4) is 11.4 Å². The molecule has 9 nitrogen and oxygen atoms in total. The number of anilines is 1. The molecule has 1 amide bonds. The van der Waals surface area contributed by atoms with Gasteiger partial charge in [0.15, 0.2) is 18.9 Å². The second kappa shape index (κ2) is 7.86. The van der Waals surface area contributed by atoms with Crippen LogP contribution in [0.15, 0.2) is 42.5 Å². The number of fused-ring (bicyclic) bond motifs is 1. The molecular weight excluding hydrogens is 386 g/mol. The fraction of sp³-hybridized carbons (Fsp3) is 0.238. The number of ketones is 1. The van der Waals surface area contributed by atoms with Gasteiger partial charge >= 0.3 is 5.97 Å². The van der Waals surface area contributed by atoms with Crippen molar-refractivity contribution in [1.82, 2.24) is 20.2 Å². The van der Waals surface area contributed by atoms with E-state index in [0.29, 0.717) is 11.4 Å². The number of carbonyl (C=O) groups is 3. The predicted molar refractivity (Wildman–Crippen MR) is 107 cm³/mol. The number of tetrazole rings is 1. The molecule has 0 spiro atoms. The molecule has 3 aromatic rings. The summed E-state index contributed by atoms with van der Waals surface area (Å²) in [5.74, 6) is -0.616. The molecule has 0 atom stereocenters. The zero-order valence-electron chi connectivity index (χ0n) is 16.5. The fourth-order valence-corrected chi connectivity index (χ4v) is 3.16. The number of aryl methyl sites for hydroxylation is 1. The summed E-state index contributed by atoms with van der Waals surface area (Å²) in [6.07, 6.45) is 0.258. The van der Waals surface area contributed by atoms with Gasteiger partial charge in [0.1, 0.15) is 0 Å². The summed E-state index contributed by atoms with van der Waals surface area (Å²) in [4.78, 5) is 38.9. The van der Waals surface area contributed by atoms with Gasteiger partial charge in [-0.05, 0) is 35.9 Å². The number of amides is 1. The summed E-state index contributed by atoms with van der Waals surface area (Å²) in [7, 11) is 1.69. The smallest absolute Gasteiger partial charge is 0.330 e. The van der Waals surface area contributed by atoms with Crippen molar-refractivity contribution in [3.05, 3.63) is 59.2 Å². The summed E-state index contributed by atoms with van der Waals surface area (Å²) in [5.41, 5.74) is 3.87. The van der Waals surface area contributed by atoms with Gasteiger partial charge in [0.2, 0.25) is 11.7 Å². The van der Waals surface area contributed by atoms with Crippen molar-refractivity contribution >= 4 is 23.3 Å². The number of likely N-dealkylation sites (N-methyl/N-ethyl adjacent to an activating group) is 1. The van der Waals surface area contributed by atoms with Crippen LogP contribution in [0.25, 0.3) is 11.4 Å². The van der Waals surface area contributed by atoms with Gasteiger partial charge in [-0.3, -0.25) is 9.59 Å². The maximum atomic E-state index is 12.4. The Balaban J connectivity index is 1.33. The highest BCUT2D eigenvalue weighted by Gasteiger charge is 2.25. The Kier molecular flexibility index (Phi) is 5.09. The molecular formula is C21H19N5O4. The molecule has 1 aliphatic rings. The average Bonchev–Trinajstić information content (AvgIpc) is 3.31. The van der Waals surface area contributed by atoms with Gasteiger partial charge < -0.3 is 9.64 Å². The van der Waals surface area contributed by atoms with Crippen molar-refractivity contribution in [3.63, 3.8) is 0 Å². The number of benzene rings is 2. The molecule has 0 fully saturated rings. The Morgan fingerprint density at radius 1 is 1.13 bits per heavy atom. The van der Waals surface area contributed by atoms with E-state index < -0.39 is 12.6 Å².